The van der Waals surface area contributed by atoms with Crippen molar-refractivity contribution >= 4 is 29.0 Å². The standard InChI is InChI=1S/C14H18FN3O2S/c1-2-20-14(19)18-7-5-17(6-8-18)10-3-4-11(13(16)21)12(15)9-10/h3-4,9H,2,5-8H2,1H3,(H2,16,21). The Kier molecular flexibility index (Phi) is 4.95. The topological polar surface area (TPSA) is 58.8 Å². The van der Waals surface area contributed by atoms with Crippen molar-refractivity contribution in [3.05, 3.63) is 29.6 Å². The molecule has 0 atom stereocenters. The summed E-state index contributed by atoms with van der Waals surface area (Å²) >= 11 is 4.78. The van der Waals surface area contributed by atoms with Gasteiger partial charge in [0.1, 0.15) is 10.8 Å². The van der Waals surface area contributed by atoms with Crippen LogP contribution in [0.2, 0.25) is 0 Å². The van der Waals surface area contributed by atoms with Crippen molar-refractivity contribution in [3.63, 3.8) is 0 Å². The van der Waals surface area contributed by atoms with Gasteiger partial charge in [0.2, 0.25) is 0 Å². The van der Waals surface area contributed by atoms with E-state index in [1.54, 1.807) is 24.0 Å². The van der Waals surface area contributed by atoms with Crippen LogP contribution in [0, 0.1) is 5.82 Å². The molecule has 0 spiro atoms. The normalized spacial score (nSPS) is 15.0. The Morgan fingerprint density at radius 1 is 1.38 bits per heavy atom. The minimum absolute atomic E-state index is 0.0474. The molecule has 0 saturated carbocycles. The summed E-state index contributed by atoms with van der Waals surface area (Å²) < 4.78 is 18.8. The number of nitrogens with zero attached hydrogens (tertiary/aromatic N) is 2. The van der Waals surface area contributed by atoms with Crippen molar-refractivity contribution in [1.29, 1.82) is 0 Å². The van der Waals surface area contributed by atoms with E-state index in [4.69, 9.17) is 22.7 Å². The van der Waals surface area contributed by atoms with Crippen molar-refractivity contribution in [1.82, 2.24) is 4.90 Å². The van der Waals surface area contributed by atoms with Crippen LogP contribution < -0.4 is 10.6 Å². The maximum atomic E-state index is 13.9. The quantitative estimate of drug-likeness (QED) is 0.862. The van der Waals surface area contributed by atoms with Crippen molar-refractivity contribution < 1.29 is 13.9 Å². The molecule has 1 heterocycles. The van der Waals surface area contributed by atoms with Crippen molar-refractivity contribution in [2.24, 2.45) is 5.73 Å². The molecule has 2 N–H and O–H groups in total. The monoisotopic (exact) mass is 311 g/mol. The lowest BCUT2D eigenvalue weighted by atomic mass is 10.1. The molecule has 0 radical (unpaired) electrons. The van der Waals surface area contributed by atoms with Gasteiger partial charge in [0.25, 0.3) is 0 Å². The van der Waals surface area contributed by atoms with E-state index in [0.717, 1.165) is 5.69 Å². The van der Waals surface area contributed by atoms with Gasteiger partial charge >= 0.3 is 6.09 Å². The third-order valence-corrected chi connectivity index (χ3v) is 3.61. The fraction of sp³-hybridized carbons (Fsp3) is 0.429. The molecule has 1 aliphatic rings. The summed E-state index contributed by atoms with van der Waals surface area (Å²) in [5.74, 6) is -0.423. The summed E-state index contributed by atoms with van der Waals surface area (Å²) in [7, 11) is 0. The fourth-order valence-corrected chi connectivity index (χ4v) is 2.43. The first-order chi connectivity index (χ1) is 10.0. The summed E-state index contributed by atoms with van der Waals surface area (Å²) in [5, 5.41) is 0. The average Bonchev–Trinajstić information content (AvgIpc) is 2.47. The number of amides is 1. The third kappa shape index (κ3) is 3.60. The summed E-state index contributed by atoms with van der Waals surface area (Å²) in [4.78, 5) is 15.3. The van der Waals surface area contributed by atoms with Crippen molar-refractivity contribution in [3.8, 4) is 0 Å². The molecule has 1 aliphatic heterocycles. The van der Waals surface area contributed by atoms with Gasteiger partial charge in [0, 0.05) is 37.4 Å². The number of piperazine rings is 1. The van der Waals surface area contributed by atoms with Gasteiger partial charge in [0.15, 0.2) is 0 Å². The molecular formula is C14H18FN3O2S. The molecule has 0 aliphatic carbocycles. The molecule has 2 rings (SSSR count). The van der Waals surface area contributed by atoms with E-state index >= 15 is 0 Å². The van der Waals surface area contributed by atoms with Crippen LogP contribution in [0.4, 0.5) is 14.9 Å². The lowest BCUT2D eigenvalue weighted by Crippen LogP contribution is -2.49. The molecule has 114 valence electrons. The highest BCUT2D eigenvalue weighted by atomic mass is 32.1. The van der Waals surface area contributed by atoms with E-state index in [9.17, 15) is 9.18 Å². The molecule has 1 amide bonds. The first-order valence-electron chi connectivity index (χ1n) is 6.79. The summed E-state index contributed by atoms with van der Waals surface area (Å²) in [6.45, 7) is 4.51. The molecule has 21 heavy (non-hydrogen) atoms. The number of thiocarbonyl (C=S) groups is 1. The maximum Gasteiger partial charge on any atom is 0.409 e. The highest BCUT2D eigenvalue weighted by Gasteiger charge is 2.22. The number of halogens is 1. The van der Waals surface area contributed by atoms with Crippen LogP contribution in [-0.2, 0) is 4.74 Å². The Morgan fingerprint density at radius 2 is 2.05 bits per heavy atom. The SMILES string of the molecule is CCOC(=O)N1CCN(c2ccc(C(N)=S)c(F)c2)CC1. The molecule has 1 fully saturated rings. The van der Waals surface area contributed by atoms with Crippen LogP contribution >= 0.6 is 12.2 Å². The van der Waals surface area contributed by atoms with E-state index in [2.05, 4.69) is 0 Å². The van der Waals surface area contributed by atoms with Gasteiger partial charge in [-0.1, -0.05) is 12.2 Å². The average molecular weight is 311 g/mol. The third-order valence-electron chi connectivity index (χ3n) is 3.39. The summed E-state index contributed by atoms with van der Waals surface area (Å²) in [5.41, 5.74) is 6.45. The molecule has 1 aromatic rings. The predicted octanol–water partition coefficient (Wildman–Crippen LogP) is 1.74. The number of hydrogen-bond donors (Lipinski definition) is 1. The van der Waals surface area contributed by atoms with Gasteiger partial charge in [-0.15, -0.1) is 0 Å². The fourth-order valence-electron chi connectivity index (χ4n) is 2.26. The van der Waals surface area contributed by atoms with Gasteiger partial charge in [-0.05, 0) is 25.1 Å². The highest BCUT2D eigenvalue weighted by Crippen LogP contribution is 2.20. The first kappa shape index (κ1) is 15.5. The number of carbonyl (C=O) groups excluding carboxylic acids is 1. The Labute approximate surface area is 128 Å². The number of benzene rings is 1. The first-order valence-corrected chi connectivity index (χ1v) is 7.19. The molecular weight excluding hydrogens is 293 g/mol. The summed E-state index contributed by atoms with van der Waals surface area (Å²) in [6.07, 6.45) is -0.299. The summed E-state index contributed by atoms with van der Waals surface area (Å²) in [6, 6.07) is 4.80. The minimum atomic E-state index is -0.423. The van der Waals surface area contributed by atoms with Gasteiger partial charge in [-0.3, -0.25) is 0 Å². The Bertz CT molecular complexity index is 545. The zero-order chi connectivity index (χ0) is 15.4. The number of nitrogens with two attached hydrogens (primary N) is 1. The molecule has 5 nitrogen and oxygen atoms in total. The second-order valence-electron chi connectivity index (χ2n) is 4.70. The van der Waals surface area contributed by atoms with Gasteiger partial charge in [-0.2, -0.15) is 0 Å². The van der Waals surface area contributed by atoms with Gasteiger partial charge < -0.3 is 20.3 Å². The maximum absolute atomic E-state index is 13.9. The Balaban J connectivity index is 2.01. The molecule has 0 unspecified atom stereocenters. The largest absolute Gasteiger partial charge is 0.450 e. The van der Waals surface area contributed by atoms with E-state index in [0.29, 0.717) is 32.8 Å². The zero-order valence-electron chi connectivity index (χ0n) is 11.8. The molecule has 0 bridgehead atoms. The van der Waals surface area contributed by atoms with E-state index in [-0.39, 0.29) is 16.6 Å². The lowest BCUT2D eigenvalue weighted by Gasteiger charge is -2.35. The van der Waals surface area contributed by atoms with E-state index < -0.39 is 5.82 Å². The smallest absolute Gasteiger partial charge is 0.409 e. The van der Waals surface area contributed by atoms with Crippen LogP contribution in [0.25, 0.3) is 0 Å². The molecule has 1 aromatic carbocycles. The highest BCUT2D eigenvalue weighted by molar-refractivity contribution is 7.80. The van der Waals surface area contributed by atoms with E-state index in [1.165, 1.54) is 6.07 Å². The minimum Gasteiger partial charge on any atom is -0.450 e. The zero-order valence-corrected chi connectivity index (χ0v) is 12.7. The van der Waals surface area contributed by atoms with Crippen LogP contribution in [0.1, 0.15) is 12.5 Å². The van der Waals surface area contributed by atoms with E-state index in [1.807, 2.05) is 4.90 Å². The molecule has 1 saturated heterocycles. The Morgan fingerprint density at radius 3 is 2.57 bits per heavy atom. The second kappa shape index (κ2) is 6.71. The van der Waals surface area contributed by atoms with Crippen LogP contribution in [0.5, 0.6) is 0 Å². The predicted molar refractivity (Wildman–Crippen MR) is 83.1 cm³/mol. The van der Waals surface area contributed by atoms with Crippen LogP contribution in [-0.4, -0.2) is 48.8 Å². The lowest BCUT2D eigenvalue weighted by molar-refractivity contribution is 0.105. The van der Waals surface area contributed by atoms with Crippen LogP contribution in [0.3, 0.4) is 0 Å². The number of hydrogen-bond acceptors (Lipinski definition) is 4. The Hall–Kier alpha value is -1.89. The van der Waals surface area contributed by atoms with Gasteiger partial charge in [0.05, 0.1) is 6.61 Å². The van der Waals surface area contributed by atoms with Gasteiger partial charge in [-0.25, -0.2) is 9.18 Å². The molecule has 0 aromatic heterocycles. The number of anilines is 1. The second-order valence-corrected chi connectivity index (χ2v) is 5.14. The number of rotatable bonds is 3. The van der Waals surface area contributed by atoms with Crippen LogP contribution in [0.15, 0.2) is 18.2 Å². The van der Waals surface area contributed by atoms with Crippen molar-refractivity contribution in [2.75, 3.05) is 37.7 Å². The number of carbonyl (C=O) groups is 1. The molecule has 7 heteroatoms. The number of ether oxygens (including phenoxy) is 1. The van der Waals surface area contributed by atoms with Crippen molar-refractivity contribution in [2.45, 2.75) is 6.92 Å².